The summed E-state index contributed by atoms with van der Waals surface area (Å²) < 4.78 is 36.6. The highest BCUT2D eigenvalue weighted by atomic mass is 79.9. The van der Waals surface area contributed by atoms with Crippen molar-refractivity contribution in [3.8, 4) is 17.6 Å². The largest absolute Gasteiger partial charge is 0.493 e. The second-order valence-electron chi connectivity index (χ2n) is 4.93. The maximum atomic E-state index is 12.8. The molecule has 0 fully saturated rings. The number of methoxy groups -OCH3 is 2. The molecule has 0 radical (unpaired) electrons. The fraction of sp³-hybridized carbons (Fsp3) is 0.118. The highest BCUT2D eigenvalue weighted by Crippen LogP contribution is 2.36. The SMILES string of the molecule is COc1cc(Br)c(C=C(C#N)S(=O)(=O)c2cc(Cl)ccc2Cl)cc1OC. The van der Waals surface area contributed by atoms with E-state index in [1.54, 1.807) is 18.2 Å². The van der Waals surface area contributed by atoms with Crippen molar-refractivity contribution in [2.75, 3.05) is 14.2 Å². The summed E-state index contributed by atoms with van der Waals surface area (Å²) in [6.45, 7) is 0. The van der Waals surface area contributed by atoms with Crippen LogP contribution in [0.25, 0.3) is 6.08 Å². The molecule has 0 amide bonds. The summed E-state index contributed by atoms with van der Waals surface area (Å²) in [5, 5.41) is 9.58. The molecule has 0 spiro atoms. The van der Waals surface area contributed by atoms with Gasteiger partial charge in [-0.1, -0.05) is 39.1 Å². The van der Waals surface area contributed by atoms with E-state index in [2.05, 4.69) is 15.9 Å². The maximum Gasteiger partial charge on any atom is 0.218 e. The van der Waals surface area contributed by atoms with E-state index < -0.39 is 14.7 Å². The van der Waals surface area contributed by atoms with Gasteiger partial charge in [-0.15, -0.1) is 0 Å². The van der Waals surface area contributed by atoms with Crippen molar-refractivity contribution >= 4 is 55.0 Å². The molecule has 0 unspecified atom stereocenters. The minimum Gasteiger partial charge on any atom is -0.493 e. The van der Waals surface area contributed by atoms with Crippen LogP contribution in [0.15, 0.2) is 44.6 Å². The highest BCUT2D eigenvalue weighted by molar-refractivity contribution is 9.10. The Hall–Kier alpha value is -1.72. The summed E-state index contributed by atoms with van der Waals surface area (Å²) in [6, 6.07) is 8.89. The molecule has 0 heterocycles. The fourth-order valence-corrected chi connectivity index (χ4v) is 4.44. The molecule has 0 saturated heterocycles. The Morgan fingerprint density at radius 1 is 1.15 bits per heavy atom. The minimum absolute atomic E-state index is 0.0260. The van der Waals surface area contributed by atoms with E-state index in [9.17, 15) is 13.7 Å². The van der Waals surface area contributed by atoms with Crippen molar-refractivity contribution in [2.24, 2.45) is 0 Å². The number of ether oxygens (including phenoxy) is 2. The number of sulfone groups is 1. The highest BCUT2D eigenvalue weighted by Gasteiger charge is 2.24. The smallest absolute Gasteiger partial charge is 0.218 e. The zero-order valence-corrected chi connectivity index (χ0v) is 17.5. The molecule has 9 heteroatoms. The monoisotopic (exact) mass is 475 g/mol. The van der Waals surface area contributed by atoms with Gasteiger partial charge in [-0.25, -0.2) is 8.42 Å². The molecule has 26 heavy (non-hydrogen) atoms. The number of hydrogen-bond acceptors (Lipinski definition) is 5. The molecule has 136 valence electrons. The van der Waals surface area contributed by atoms with Gasteiger partial charge in [-0.2, -0.15) is 5.26 Å². The molecule has 0 aliphatic carbocycles. The quantitative estimate of drug-likeness (QED) is 0.560. The second-order valence-corrected chi connectivity index (χ2v) is 8.51. The number of halogens is 3. The van der Waals surface area contributed by atoms with Gasteiger partial charge in [0.1, 0.15) is 11.0 Å². The van der Waals surface area contributed by atoms with Crippen LogP contribution < -0.4 is 9.47 Å². The van der Waals surface area contributed by atoms with Gasteiger partial charge in [0.05, 0.1) is 24.1 Å². The third-order valence-electron chi connectivity index (χ3n) is 3.37. The number of hydrogen-bond donors (Lipinski definition) is 0. The summed E-state index contributed by atoms with van der Waals surface area (Å²) in [5.74, 6) is 0.841. The zero-order valence-electron chi connectivity index (χ0n) is 13.6. The molecule has 0 aliphatic rings. The normalized spacial score (nSPS) is 11.8. The molecule has 0 aliphatic heterocycles. The molecule has 0 atom stereocenters. The third-order valence-corrected chi connectivity index (χ3v) is 6.44. The van der Waals surface area contributed by atoms with Crippen LogP contribution in [0, 0.1) is 11.3 Å². The van der Waals surface area contributed by atoms with Gasteiger partial charge in [0.25, 0.3) is 0 Å². The molecular weight excluding hydrogens is 465 g/mol. The summed E-state index contributed by atoms with van der Waals surface area (Å²) in [5.41, 5.74) is 0.418. The topological polar surface area (TPSA) is 76.4 Å². The lowest BCUT2D eigenvalue weighted by molar-refractivity contribution is 0.354. The fourth-order valence-electron chi connectivity index (χ4n) is 2.09. The van der Waals surface area contributed by atoms with Gasteiger partial charge in [0.15, 0.2) is 11.5 Å². The van der Waals surface area contributed by atoms with Crippen molar-refractivity contribution in [1.82, 2.24) is 0 Å². The van der Waals surface area contributed by atoms with Crippen molar-refractivity contribution in [1.29, 1.82) is 5.26 Å². The Labute approximate surface area is 169 Å². The average molecular weight is 477 g/mol. The van der Waals surface area contributed by atoms with E-state index in [0.29, 0.717) is 21.5 Å². The van der Waals surface area contributed by atoms with E-state index in [4.69, 9.17) is 32.7 Å². The molecule has 0 N–H and O–H groups in total. The van der Waals surface area contributed by atoms with Crippen LogP contribution in [0.2, 0.25) is 10.0 Å². The maximum absolute atomic E-state index is 12.8. The molecule has 2 rings (SSSR count). The third kappa shape index (κ3) is 4.15. The van der Waals surface area contributed by atoms with E-state index in [-0.39, 0.29) is 14.9 Å². The van der Waals surface area contributed by atoms with Gasteiger partial charge in [0.2, 0.25) is 9.84 Å². The standard InChI is InChI=1S/C17H12BrCl2NO4S/c1-24-15-6-10(13(18)8-16(15)25-2)5-12(9-21)26(22,23)17-7-11(19)3-4-14(17)20/h3-8H,1-2H3. The van der Waals surface area contributed by atoms with Crippen LogP contribution >= 0.6 is 39.1 Å². The Balaban J connectivity index is 2.65. The van der Waals surface area contributed by atoms with E-state index in [1.807, 2.05) is 0 Å². The zero-order chi connectivity index (χ0) is 19.5. The number of nitriles is 1. The lowest BCUT2D eigenvalue weighted by Crippen LogP contribution is -2.04. The van der Waals surface area contributed by atoms with Crippen LogP contribution in [0.5, 0.6) is 11.5 Å². The Kier molecular flexibility index (Phi) is 6.58. The Morgan fingerprint density at radius 3 is 2.35 bits per heavy atom. The Morgan fingerprint density at radius 2 is 1.77 bits per heavy atom. The molecule has 0 bridgehead atoms. The Bertz CT molecular complexity index is 1030. The molecule has 0 saturated carbocycles. The first kappa shape index (κ1) is 20.6. The van der Waals surface area contributed by atoms with Crippen LogP contribution in [-0.2, 0) is 9.84 Å². The molecule has 5 nitrogen and oxygen atoms in total. The van der Waals surface area contributed by atoms with E-state index in [1.165, 1.54) is 38.5 Å². The van der Waals surface area contributed by atoms with Crippen LogP contribution in [0.1, 0.15) is 5.56 Å². The van der Waals surface area contributed by atoms with E-state index >= 15 is 0 Å². The minimum atomic E-state index is -4.16. The van der Waals surface area contributed by atoms with Crippen molar-refractivity contribution in [2.45, 2.75) is 4.90 Å². The van der Waals surface area contributed by atoms with Gasteiger partial charge in [-0.3, -0.25) is 0 Å². The second kappa shape index (κ2) is 8.31. The summed E-state index contributed by atoms with van der Waals surface area (Å²) in [7, 11) is -1.23. The van der Waals surface area contributed by atoms with Gasteiger partial charge < -0.3 is 9.47 Å². The lowest BCUT2D eigenvalue weighted by atomic mass is 10.2. The van der Waals surface area contributed by atoms with Crippen LogP contribution in [-0.4, -0.2) is 22.6 Å². The summed E-state index contributed by atoms with van der Waals surface area (Å²) >= 11 is 15.2. The van der Waals surface area contributed by atoms with Gasteiger partial charge in [-0.05, 0) is 42.0 Å². The number of allylic oxidation sites excluding steroid dienone is 1. The lowest BCUT2D eigenvalue weighted by Gasteiger charge is -2.11. The first-order valence-corrected chi connectivity index (χ1v) is 10.0. The average Bonchev–Trinajstić information content (AvgIpc) is 2.61. The van der Waals surface area contributed by atoms with Crippen molar-refractivity contribution in [3.63, 3.8) is 0 Å². The number of rotatable bonds is 5. The van der Waals surface area contributed by atoms with Crippen molar-refractivity contribution < 1.29 is 17.9 Å². The molecular formula is C17H12BrCl2NO4S. The first-order chi connectivity index (χ1) is 12.2. The van der Waals surface area contributed by atoms with Gasteiger partial charge >= 0.3 is 0 Å². The number of nitrogens with zero attached hydrogens (tertiary/aromatic N) is 1. The molecule has 0 aromatic heterocycles. The summed E-state index contributed by atoms with van der Waals surface area (Å²) in [6.07, 6.45) is 1.22. The first-order valence-electron chi connectivity index (χ1n) is 6.98. The predicted molar refractivity (Wildman–Crippen MR) is 104 cm³/mol. The van der Waals surface area contributed by atoms with Crippen molar-refractivity contribution in [3.05, 3.63) is 55.3 Å². The molecule has 2 aromatic rings. The summed E-state index contributed by atoms with van der Waals surface area (Å²) in [4.78, 5) is -0.731. The predicted octanol–water partition coefficient (Wildman–Crippen LogP) is 5.11. The van der Waals surface area contributed by atoms with E-state index in [0.717, 1.165) is 0 Å². The number of benzene rings is 2. The van der Waals surface area contributed by atoms with Gasteiger partial charge in [0, 0.05) is 9.50 Å². The van der Waals surface area contributed by atoms with Crippen LogP contribution in [0.3, 0.4) is 0 Å². The molecule has 2 aromatic carbocycles. The van der Waals surface area contributed by atoms with Crippen LogP contribution in [0.4, 0.5) is 0 Å².